The van der Waals surface area contributed by atoms with E-state index in [1.54, 1.807) is 27.7 Å². The fourth-order valence-corrected chi connectivity index (χ4v) is 2.18. The van der Waals surface area contributed by atoms with Crippen molar-refractivity contribution in [1.82, 2.24) is 0 Å². The zero-order valence-corrected chi connectivity index (χ0v) is 14.2. The molecule has 1 aromatic rings. The van der Waals surface area contributed by atoms with Gasteiger partial charge in [-0.3, -0.25) is 0 Å². The number of hydrogen-bond acceptors (Lipinski definition) is 5. The first-order valence-corrected chi connectivity index (χ1v) is 7.33. The van der Waals surface area contributed by atoms with Gasteiger partial charge >= 0.3 is 13.5 Å². The van der Waals surface area contributed by atoms with Gasteiger partial charge in [-0.05, 0) is 39.8 Å². The molecule has 0 aliphatic carbocycles. The lowest BCUT2D eigenvalue weighted by Gasteiger charge is -2.32. The van der Waals surface area contributed by atoms with Crippen molar-refractivity contribution in [2.45, 2.75) is 45.3 Å². The molecule has 1 fully saturated rings. The molecule has 1 saturated heterocycles. The van der Waals surface area contributed by atoms with Crippen LogP contribution >= 0.6 is 0 Å². The molecule has 0 N–H and O–H groups in total. The molecule has 5 nitrogen and oxygen atoms in total. The minimum absolute atomic E-state index is 0.0329. The molecule has 0 unspecified atom stereocenters. The average Bonchev–Trinajstić information content (AvgIpc) is 2.63. The molecule has 0 aromatic heterocycles. The molecule has 0 saturated carbocycles. The highest BCUT2D eigenvalue weighted by Gasteiger charge is 2.54. The first-order chi connectivity index (χ1) is 11.0. The van der Waals surface area contributed by atoms with Gasteiger partial charge in [0.1, 0.15) is 11.5 Å². The zero-order chi connectivity index (χ0) is 18.2. The van der Waals surface area contributed by atoms with Gasteiger partial charge in [-0.25, -0.2) is 0 Å². The molecule has 24 heavy (non-hydrogen) atoms. The van der Waals surface area contributed by atoms with Gasteiger partial charge in [-0.1, -0.05) is 6.07 Å². The molecule has 0 atom stereocenters. The fraction of sp³-hybridized carbons (Fsp3) is 0.600. The second-order valence-corrected chi connectivity index (χ2v) is 6.35. The maximum absolute atomic E-state index is 12.7. The molecule has 1 heterocycles. The van der Waals surface area contributed by atoms with E-state index in [1.807, 2.05) is 0 Å². The first kappa shape index (κ1) is 18.9. The lowest BCUT2D eigenvalue weighted by atomic mass is 9.77. The SMILES string of the molecule is COCOc1cccc(OC(F)(F)F)c1B1OC(C)(C)C(C)(C)O1. The number of rotatable bonds is 5. The van der Waals surface area contributed by atoms with Crippen LogP contribution in [0.3, 0.4) is 0 Å². The predicted octanol–water partition coefficient (Wildman–Crippen LogP) is 2.87. The van der Waals surface area contributed by atoms with Gasteiger partial charge in [0.05, 0.1) is 16.7 Å². The maximum atomic E-state index is 12.7. The van der Waals surface area contributed by atoms with E-state index in [0.717, 1.165) is 0 Å². The summed E-state index contributed by atoms with van der Waals surface area (Å²) in [6, 6.07) is 4.08. The Bertz CT molecular complexity index is 573. The molecular formula is C15H20BF3O5. The summed E-state index contributed by atoms with van der Waals surface area (Å²) < 4.78 is 64.2. The highest BCUT2D eigenvalue weighted by atomic mass is 19.4. The number of hydrogen-bond donors (Lipinski definition) is 0. The highest BCUT2D eigenvalue weighted by Crippen LogP contribution is 2.38. The summed E-state index contributed by atoms with van der Waals surface area (Å²) in [6.07, 6.45) is -4.85. The van der Waals surface area contributed by atoms with Crippen molar-refractivity contribution in [1.29, 1.82) is 0 Å². The van der Waals surface area contributed by atoms with Crippen molar-refractivity contribution in [3.8, 4) is 11.5 Å². The number of benzene rings is 1. The monoisotopic (exact) mass is 348 g/mol. The van der Waals surface area contributed by atoms with E-state index in [4.69, 9.17) is 18.8 Å². The summed E-state index contributed by atoms with van der Waals surface area (Å²) in [5, 5.41) is 0. The van der Waals surface area contributed by atoms with Crippen LogP contribution in [0.4, 0.5) is 13.2 Å². The van der Waals surface area contributed by atoms with Crippen LogP contribution < -0.4 is 14.9 Å². The largest absolute Gasteiger partial charge is 0.573 e. The summed E-state index contributed by atoms with van der Waals surface area (Å²) >= 11 is 0. The van der Waals surface area contributed by atoms with E-state index < -0.39 is 30.4 Å². The van der Waals surface area contributed by atoms with E-state index >= 15 is 0 Å². The lowest BCUT2D eigenvalue weighted by molar-refractivity contribution is -0.274. The van der Waals surface area contributed by atoms with Crippen molar-refractivity contribution in [3.05, 3.63) is 18.2 Å². The number of alkyl halides is 3. The molecule has 1 aliphatic rings. The van der Waals surface area contributed by atoms with Crippen LogP contribution in [0.15, 0.2) is 18.2 Å². The van der Waals surface area contributed by atoms with Crippen molar-refractivity contribution < 1.29 is 36.7 Å². The normalized spacial score (nSPS) is 19.4. The summed E-state index contributed by atoms with van der Waals surface area (Å²) in [6.45, 7) is 7.07. The Balaban J connectivity index is 2.45. The summed E-state index contributed by atoms with van der Waals surface area (Å²) in [7, 11) is 0.338. The third-order valence-electron chi connectivity index (χ3n) is 4.07. The Morgan fingerprint density at radius 1 is 1.04 bits per heavy atom. The third kappa shape index (κ3) is 3.96. The molecule has 1 aliphatic heterocycles. The van der Waals surface area contributed by atoms with Gasteiger partial charge in [-0.2, -0.15) is 0 Å². The van der Waals surface area contributed by atoms with Crippen LogP contribution in [0.5, 0.6) is 11.5 Å². The van der Waals surface area contributed by atoms with Crippen LogP contribution in [0.1, 0.15) is 27.7 Å². The van der Waals surface area contributed by atoms with Gasteiger partial charge in [0.2, 0.25) is 0 Å². The van der Waals surface area contributed by atoms with Crippen molar-refractivity contribution in [2.24, 2.45) is 0 Å². The number of methoxy groups -OCH3 is 1. The molecule has 0 radical (unpaired) electrons. The second-order valence-electron chi connectivity index (χ2n) is 6.35. The van der Waals surface area contributed by atoms with Crippen LogP contribution in [0.25, 0.3) is 0 Å². The molecule has 0 spiro atoms. The Kier molecular flexibility index (Phi) is 5.08. The van der Waals surface area contributed by atoms with Crippen molar-refractivity contribution in [3.63, 3.8) is 0 Å². The van der Waals surface area contributed by atoms with E-state index in [-0.39, 0.29) is 18.0 Å². The standard InChI is InChI=1S/C15H20BF3O5/c1-13(2)14(3,4)24-16(23-13)12-10(21-9-20-5)7-6-8-11(12)22-15(17,18)19/h6-8H,9H2,1-5H3. The van der Waals surface area contributed by atoms with Crippen molar-refractivity contribution >= 4 is 12.6 Å². The van der Waals surface area contributed by atoms with Crippen LogP contribution in [0.2, 0.25) is 0 Å². The van der Waals surface area contributed by atoms with E-state index in [0.29, 0.717) is 0 Å². The van der Waals surface area contributed by atoms with E-state index in [1.165, 1.54) is 25.3 Å². The average molecular weight is 348 g/mol. The predicted molar refractivity (Wildman–Crippen MR) is 81.3 cm³/mol. The summed E-state index contributed by atoms with van der Waals surface area (Å²) in [5.41, 5.74) is -1.41. The van der Waals surface area contributed by atoms with Crippen molar-refractivity contribution in [2.75, 3.05) is 13.9 Å². The topological polar surface area (TPSA) is 46.2 Å². The Morgan fingerprint density at radius 2 is 1.58 bits per heavy atom. The molecule has 134 valence electrons. The summed E-state index contributed by atoms with van der Waals surface area (Å²) in [5.74, 6) is -0.299. The Morgan fingerprint density at radius 3 is 2.08 bits per heavy atom. The maximum Gasteiger partial charge on any atom is 0.573 e. The second kappa shape index (κ2) is 6.46. The Hall–Kier alpha value is -1.45. The lowest BCUT2D eigenvalue weighted by Crippen LogP contribution is -2.41. The summed E-state index contributed by atoms with van der Waals surface area (Å²) in [4.78, 5) is 0. The Labute approximate surface area is 139 Å². The minimum Gasteiger partial charge on any atom is -0.468 e. The first-order valence-electron chi connectivity index (χ1n) is 7.33. The molecular weight excluding hydrogens is 328 g/mol. The van der Waals surface area contributed by atoms with Gasteiger partial charge < -0.3 is 23.5 Å². The molecule has 9 heteroatoms. The van der Waals surface area contributed by atoms with Gasteiger partial charge in [-0.15, -0.1) is 13.2 Å². The number of ether oxygens (including phenoxy) is 3. The zero-order valence-electron chi connectivity index (χ0n) is 14.2. The van der Waals surface area contributed by atoms with Gasteiger partial charge in [0.15, 0.2) is 6.79 Å². The van der Waals surface area contributed by atoms with Gasteiger partial charge in [0.25, 0.3) is 0 Å². The number of halogens is 3. The van der Waals surface area contributed by atoms with E-state index in [9.17, 15) is 13.2 Å². The smallest absolute Gasteiger partial charge is 0.468 e. The van der Waals surface area contributed by atoms with Crippen LogP contribution in [-0.2, 0) is 14.0 Å². The van der Waals surface area contributed by atoms with Gasteiger partial charge in [0, 0.05) is 7.11 Å². The molecule has 0 bridgehead atoms. The minimum atomic E-state index is -4.85. The van der Waals surface area contributed by atoms with Crippen LogP contribution in [0, 0.1) is 0 Å². The highest BCUT2D eigenvalue weighted by molar-refractivity contribution is 6.64. The molecule has 1 aromatic carbocycles. The van der Waals surface area contributed by atoms with E-state index in [2.05, 4.69) is 4.74 Å². The molecule has 2 rings (SSSR count). The fourth-order valence-electron chi connectivity index (χ4n) is 2.18. The third-order valence-corrected chi connectivity index (χ3v) is 4.07. The van der Waals surface area contributed by atoms with Crippen LogP contribution in [-0.4, -0.2) is 38.6 Å². The quantitative estimate of drug-likeness (QED) is 0.605. The molecule has 0 amide bonds.